The number of halogens is 3. The molecule has 1 aromatic rings. The van der Waals surface area contributed by atoms with Gasteiger partial charge in [-0.05, 0) is 11.8 Å². The largest absolute Gasteiger partial charge is 0.441 e. The molecule has 0 saturated heterocycles. The number of hydrogen-bond acceptors (Lipinski definition) is 6. The second kappa shape index (κ2) is 5.21. The second-order valence-electron chi connectivity index (χ2n) is 2.43. The Labute approximate surface area is 87.6 Å². The van der Waals surface area contributed by atoms with Gasteiger partial charge in [-0.1, -0.05) is 5.10 Å². The first-order valence-corrected chi connectivity index (χ1v) is 4.97. The van der Waals surface area contributed by atoms with Crippen molar-refractivity contribution < 1.29 is 17.6 Å². The van der Waals surface area contributed by atoms with Crippen molar-refractivity contribution in [2.75, 3.05) is 17.6 Å². The summed E-state index contributed by atoms with van der Waals surface area (Å²) in [5.74, 6) is 0.116. The topological polar surface area (TPSA) is 77.0 Å². The van der Waals surface area contributed by atoms with Crippen molar-refractivity contribution in [3.8, 4) is 0 Å². The van der Waals surface area contributed by atoms with Gasteiger partial charge in [0.25, 0.3) is 0 Å². The normalized spacial score (nSPS) is 11.7. The summed E-state index contributed by atoms with van der Waals surface area (Å²) in [6.07, 6.45) is 0. The van der Waals surface area contributed by atoms with Crippen molar-refractivity contribution in [3.05, 3.63) is 5.89 Å². The minimum absolute atomic E-state index is 0.0817. The fraction of sp³-hybridized carbons (Fsp3) is 0.667. The first kappa shape index (κ1) is 12.1. The van der Waals surface area contributed by atoms with Crippen LogP contribution in [-0.2, 0) is 6.54 Å². The molecule has 5 nitrogen and oxygen atoms in total. The summed E-state index contributed by atoms with van der Waals surface area (Å²) in [4.78, 5) is 0. The molecule has 1 aromatic heterocycles. The summed E-state index contributed by atoms with van der Waals surface area (Å²) in [5, 5.41) is 9.61. The minimum atomic E-state index is -4.21. The summed E-state index contributed by atoms with van der Waals surface area (Å²) in [5.41, 5.74) is 0.989. The Bertz CT molecular complexity index is 303. The van der Waals surface area contributed by atoms with Gasteiger partial charge in [0.1, 0.15) is 0 Å². The number of aromatic nitrogens is 2. The van der Waals surface area contributed by atoms with Gasteiger partial charge in [0.2, 0.25) is 5.89 Å². The van der Waals surface area contributed by atoms with E-state index in [2.05, 4.69) is 15.5 Å². The third-order valence-corrected chi connectivity index (χ3v) is 2.02. The SMILES string of the molecule is NCc1nnc(NCCSC(F)(F)F)o1. The van der Waals surface area contributed by atoms with Crippen molar-refractivity contribution in [1.29, 1.82) is 0 Å². The number of nitrogens with one attached hydrogen (secondary N) is 1. The molecule has 15 heavy (non-hydrogen) atoms. The van der Waals surface area contributed by atoms with Gasteiger partial charge in [0.15, 0.2) is 0 Å². The van der Waals surface area contributed by atoms with E-state index < -0.39 is 5.51 Å². The second-order valence-corrected chi connectivity index (χ2v) is 3.59. The van der Waals surface area contributed by atoms with Crippen LogP contribution in [0.3, 0.4) is 0 Å². The maximum atomic E-state index is 11.7. The van der Waals surface area contributed by atoms with Crippen LogP contribution in [-0.4, -0.2) is 28.0 Å². The first-order chi connectivity index (χ1) is 7.01. The highest BCUT2D eigenvalue weighted by molar-refractivity contribution is 8.00. The monoisotopic (exact) mass is 242 g/mol. The Morgan fingerprint density at radius 3 is 2.67 bits per heavy atom. The molecule has 0 radical (unpaired) electrons. The molecule has 0 aliphatic heterocycles. The van der Waals surface area contributed by atoms with Gasteiger partial charge in [-0.15, -0.1) is 5.10 Å². The summed E-state index contributed by atoms with van der Waals surface area (Å²) >= 11 is -0.112. The lowest BCUT2D eigenvalue weighted by molar-refractivity contribution is -0.0327. The fourth-order valence-corrected chi connectivity index (χ4v) is 1.17. The van der Waals surface area contributed by atoms with E-state index in [-0.39, 0.29) is 42.5 Å². The standard InChI is InChI=1S/C6H9F3N4OS/c7-6(8,9)15-2-1-11-5-13-12-4(3-10)14-5/h1-3,10H2,(H,11,13). The smallest absolute Gasteiger partial charge is 0.407 e. The molecule has 1 rings (SSSR count). The van der Waals surface area contributed by atoms with Crippen LogP contribution in [0.15, 0.2) is 4.42 Å². The minimum Gasteiger partial charge on any atom is -0.407 e. The molecule has 0 amide bonds. The number of nitrogens with two attached hydrogens (primary N) is 1. The molecule has 0 unspecified atom stereocenters. The zero-order chi connectivity index (χ0) is 11.3. The van der Waals surface area contributed by atoms with Gasteiger partial charge in [0, 0.05) is 12.3 Å². The predicted molar refractivity (Wildman–Crippen MR) is 49.2 cm³/mol. The maximum Gasteiger partial charge on any atom is 0.441 e. The van der Waals surface area contributed by atoms with E-state index in [4.69, 9.17) is 10.2 Å². The van der Waals surface area contributed by atoms with E-state index in [0.29, 0.717) is 0 Å². The van der Waals surface area contributed by atoms with Crippen LogP contribution < -0.4 is 11.1 Å². The number of anilines is 1. The number of thioether (sulfide) groups is 1. The zero-order valence-corrected chi connectivity index (χ0v) is 8.36. The molecular weight excluding hydrogens is 233 g/mol. The number of hydrogen-bond donors (Lipinski definition) is 2. The van der Waals surface area contributed by atoms with E-state index in [1.54, 1.807) is 0 Å². The highest BCUT2D eigenvalue weighted by Gasteiger charge is 2.27. The quantitative estimate of drug-likeness (QED) is 0.755. The third-order valence-electron chi connectivity index (χ3n) is 1.29. The lowest BCUT2D eigenvalue weighted by atomic mass is 10.7. The molecule has 0 bridgehead atoms. The van der Waals surface area contributed by atoms with Crippen molar-refractivity contribution in [1.82, 2.24) is 10.2 Å². The Morgan fingerprint density at radius 1 is 1.40 bits per heavy atom. The van der Waals surface area contributed by atoms with Crippen LogP contribution >= 0.6 is 11.8 Å². The summed E-state index contributed by atoms with van der Waals surface area (Å²) in [6, 6.07) is 0.0817. The van der Waals surface area contributed by atoms with Gasteiger partial charge in [-0.2, -0.15) is 13.2 Å². The molecular formula is C6H9F3N4OS. The maximum absolute atomic E-state index is 11.7. The van der Waals surface area contributed by atoms with Gasteiger partial charge >= 0.3 is 11.5 Å². The van der Waals surface area contributed by atoms with Crippen molar-refractivity contribution in [2.24, 2.45) is 5.73 Å². The van der Waals surface area contributed by atoms with E-state index in [1.807, 2.05) is 0 Å². The average molecular weight is 242 g/mol. The summed E-state index contributed by atoms with van der Waals surface area (Å²) < 4.78 is 40.0. The fourth-order valence-electron chi connectivity index (χ4n) is 0.732. The molecule has 0 aromatic carbocycles. The number of alkyl halides is 3. The van der Waals surface area contributed by atoms with Crippen LogP contribution in [0, 0.1) is 0 Å². The van der Waals surface area contributed by atoms with E-state index in [1.165, 1.54) is 0 Å². The molecule has 3 N–H and O–H groups in total. The third kappa shape index (κ3) is 4.88. The van der Waals surface area contributed by atoms with E-state index in [9.17, 15) is 13.2 Å². The average Bonchev–Trinajstić information content (AvgIpc) is 2.59. The van der Waals surface area contributed by atoms with E-state index in [0.717, 1.165) is 0 Å². The molecule has 9 heteroatoms. The molecule has 86 valence electrons. The Balaban J connectivity index is 2.20. The van der Waals surface area contributed by atoms with Crippen LogP contribution in [0.25, 0.3) is 0 Å². The summed E-state index contributed by atoms with van der Waals surface area (Å²) in [6.45, 7) is 0.197. The molecule has 0 saturated carbocycles. The van der Waals surface area contributed by atoms with Crippen LogP contribution in [0.4, 0.5) is 19.2 Å². The predicted octanol–water partition coefficient (Wildman–Crippen LogP) is 1.19. The number of nitrogens with zero attached hydrogens (tertiary/aromatic N) is 2. The Kier molecular flexibility index (Phi) is 4.21. The van der Waals surface area contributed by atoms with Crippen molar-refractivity contribution in [2.45, 2.75) is 12.1 Å². The van der Waals surface area contributed by atoms with Crippen molar-refractivity contribution in [3.63, 3.8) is 0 Å². The Hall–Kier alpha value is -0.960. The zero-order valence-electron chi connectivity index (χ0n) is 7.54. The van der Waals surface area contributed by atoms with Gasteiger partial charge < -0.3 is 15.5 Å². The lowest BCUT2D eigenvalue weighted by Crippen LogP contribution is -2.09. The highest BCUT2D eigenvalue weighted by Crippen LogP contribution is 2.29. The summed E-state index contributed by atoms with van der Waals surface area (Å²) in [7, 11) is 0. The highest BCUT2D eigenvalue weighted by atomic mass is 32.2. The van der Waals surface area contributed by atoms with E-state index >= 15 is 0 Å². The van der Waals surface area contributed by atoms with Crippen LogP contribution in [0.1, 0.15) is 5.89 Å². The lowest BCUT2D eigenvalue weighted by Gasteiger charge is -2.04. The molecule has 1 heterocycles. The molecule has 0 atom stereocenters. The molecule has 0 aliphatic carbocycles. The van der Waals surface area contributed by atoms with Gasteiger partial charge in [-0.25, -0.2) is 0 Å². The van der Waals surface area contributed by atoms with Gasteiger partial charge in [-0.3, -0.25) is 0 Å². The number of rotatable bonds is 5. The van der Waals surface area contributed by atoms with Gasteiger partial charge in [0.05, 0.1) is 6.54 Å². The van der Waals surface area contributed by atoms with Crippen LogP contribution in [0.5, 0.6) is 0 Å². The molecule has 0 fully saturated rings. The molecule has 0 aliphatic rings. The van der Waals surface area contributed by atoms with Crippen LogP contribution in [0.2, 0.25) is 0 Å². The molecule has 0 spiro atoms. The van der Waals surface area contributed by atoms with Crippen molar-refractivity contribution >= 4 is 17.8 Å². The Morgan fingerprint density at radius 2 is 2.13 bits per heavy atom. The first-order valence-electron chi connectivity index (χ1n) is 3.98.